The summed E-state index contributed by atoms with van der Waals surface area (Å²) in [4.78, 5) is 12.1. The van der Waals surface area contributed by atoms with E-state index in [0.29, 0.717) is 16.5 Å². The largest absolute Gasteiger partial charge is 0.495 e. The van der Waals surface area contributed by atoms with Crippen LogP contribution in [0.5, 0.6) is 5.75 Å². The summed E-state index contributed by atoms with van der Waals surface area (Å²) in [5.74, 6) is -0.178. The summed E-state index contributed by atoms with van der Waals surface area (Å²) < 4.78 is 5.12. The van der Waals surface area contributed by atoms with Crippen molar-refractivity contribution in [3.05, 3.63) is 35.0 Å². The van der Waals surface area contributed by atoms with E-state index in [9.17, 15) is 4.79 Å². The van der Waals surface area contributed by atoms with Gasteiger partial charge < -0.3 is 20.5 Å². The SMILES string of the molecule is COc1ccc(Cl)cc1NC(=O)/C(C#N)=C\NC(C)(C)CO. The molecular weight excluding hydrogens is 306 g/mol. The average molecular weight is 324 g/mol. The lowest BCUT2D eigenvalue weighted by atomic mass is 10.1. The van der Waals surface area contributed by atoms with Crippen LogP contribution >= 0.6 is 11.6 Å². The van der Waals surface area contributed by atoms with Crippen molar-refractivity contribution in [2.75, 3.05) is 19.0 Å². The van der Waals surface area contributed by atoms with Gasteiger partial charge in [0.25, 0.3) is 5.91 Å². The molecule has 7 heteroatoms. The number of nitriles is 1. The molecule has 0 saturated carbocycles. The number of amides is 1. The van der Waals surface area contributed by atoms with Crippen LogP contribution in [-0.4, -0.2) is 30.3 Å². The van der Waals surface area contributed by atoms with Gasteiger partial charge in [0.15, 0.2) is 0 Å². The van der Waals surface area contributed by atoms with Gasteiger partial charge in [-0.1, -0.05) is 11.6 Å². The van der Waals surface area contributed by atoms with Crippen LogP contribution in [0.1, 0.15) is 13.8 Å². The lowest BCUT2D eigenvalue weighted by molar-refractivity contribution is -0.112. The van der Waals surface area contributed by atoms with Crippen molar-refractivity contribution in [3.63, 3.8) is 0 Å². The smallest absolute Gasteiger partial charge is 0.267 e. The van der Waals surface area contributed by atoms with E-state index in [2.05, 4.69) is 10.6 Å². The predicted molar refractivity (Wildman–Crippen MR) is 84.6 cm³/mol. The number of rotatable bonds is 6. The van der Waals surface area contributed by atoms with Crippen LogP contribution in [-0.2, 0) is 4.79 Å². The van der Waals surface area contributed by atoms with E-state index in [1.165, 1.54) is 19.4 Å². The fraction of sp³-hybridized carbons (Fsp3) is 0.333. The second-order valence-corrected chi connectivity index (χ2v) is 5.59. The van der Waals surface area contributed by atoms with E-state index in [1.54, 1.807) is 32.0 Å². The number of nitrogens with zero attached hydrogens (tertiary/aromatic N) is 1. The first-order chi connectivity index (χ1) is 10.3. The van der Waals surface area contributed by atoms with E-state index in [0.717, 1.165) is 0 Å². The average Bonchev–Trinajstić information content (AvgIpc) is 2.48. The minimum atomic E-state index is -0.643. The predicted octanol–water partition coefficient (Wildman–Crippen LogP) is 2.06. The molecule has 3 N–H and O–H groups in total. The van der Waals surface area contributed by atoms with E-state index < -0.39 is 11.4 Å². The number of hydrogen-bond acceptors (Lipinski definition) is 5. The molecule has 6 nitrogen and oxygen atoms in total. The van der Waals surface area contributed by atoms with Gasteiger partial charge >= 0.3 is 0 Å². The molecule has 0 aromatic heterocycles. The second kappa shape index (κ2) is 7.69. The fourth-order valence-electron chi connectivity index (χ4n) is 1.43. The third-order valence-electron chi connectivity index (χ3n) is 2.78. The molecule has 1 amide bonds. The van der Waals surface area contributed by atoms with Crippen LogP contribution in [0.15, 0.2) is 30.0 Å². The molecule has 0 aliphatic heterocycles. The summed E-state index contributed by atoms with van der Waals surface area (Å²) in [6.07, 6.45) is 1.27. The molecule has 1 aromatic carbocycles. The Morgan fingerprint density at radius 3 is 2.77 bits per heavy atom. The van der Waals surface area contributed by atoms with Gasteiger partial charge in [-0.2, -0.15) is 5.26 Å². The Morgan fingerprint density at radius 2 is 2.23 bits per heavy atom. The van der Waals surface area contributed by atoms with Crippen molar-refractivity contribution in [1.29, 1.82) is 5.26 Å². The molecule has 0 fully saturated rings. The van der Waals surface area contributed by atoms with Gasteiger partial charge in [0.2, 0.25) is 0 Å². The molecule has 0 heterocycles. The second-order valence-electron chi connectivity index (χ2n) is 5.15. The molecule has 0 aliphatic rings. The van der Waals surface area contributed by atoms with Crippen LogP contribution in [0.3, 0.4) is 0 Å². The topological polar surface area (TPSA) is 94.4 Å². The Labute approximate surface area is 134 Å². The highest BCUT2D eigenvalue weighted by Crippen LogP contribution is 2.27. The maximum absolute atomic E-state index is 12.1. The maximum atomic E-state index is 12.1. The molecular formula is C15H18ClN3O3. The van der Waals surface area contributed by atoms with E-state index >= 15 is 0 Å². The molecule has 0 atom stereocenters. The Morgan fingerprint density at radius 1 is 1.55 bits per heavy atom. The van der Waals surface area contributed by atoms with E-state index in [4.69, 9.17) is 26.7 Å². The highest BCUT2D eigenvalue weighted by molar-refractivity contribution is 6.31. The van der Waals surface area contributed by atoms with E-state index in [1.807, 2.05) is 0 Å². The number of nitrogens with one attached hydrogen (secondary N) is 2. The van der Waals surface area contributed by atoms with Crippen LogP contribution in [0.2, 0.25) is 5.02 Å². The monoisotopic (exact) mass is 323 g/mol. The van der Waals surface area contributed by atoms with Crippen molar-refractivity contribution < 1.29 is 14.6 Å². The number of aliphatic hydroxyl groups is 1. The highest BCUT2D eigenvalue weighted by Gasteiger charge is 2.17. The van der Waals surface area contributed by atoms with Crippen LogP contribution in [0, 0.1) is 11.3 Å². The number of ether oxygens (including phenoxy) is 1. The Hall–Kier alpha value is -2.23. The summed E-state index contributed by atoms with van der Waals surface area (Å²) in [6, 6.07) is 6.57. The number of carbonyl (C=O) groups is 1. The van der Waals surface area contributed by atoms with Gasteiger partial charge in [-0.25, -0.2) is 0 Å². The summed E-state index contributed by atoms with van der Waals surface area (Å²) in [5, 5.41) is 24.0. The standard InChI is InChI=1S/C15H18ClN3O3/c1-15(2,9-20)18-8-10(7-17)14(21)19-12-6-11(16)4-5-13(12)22-3/h4-6,8,18,20H,9H2,1-3H3,(H,19,21)/b10-8-. The third kappa shape index (κ3) is 4.95. The highest BCUT2D eigenvalue weighted by atomic mass is 35.5. The van der Waals surface area contributed by atoms with Gasteiger partial charge in [0.05, 0.1) is 24.9 Å². The lowest BCUT2D eigenvalue weighted by Gasteiger charge is -2.22. The van der Waals surface area contributed by atoms with Gasteiger partial charge in [-0.15, -0.1) is 0 Å². The Bertz CT molecular complexity index is 621. The molecule has 22 heavy (non-hydrogen) atoms. The molecule has 1 rings (SSSR count). The first kappa shape index (κ1) is 17.8. The van der Waals surface area contributed by atoms with Crippen molar-refractivity contribution >= 4 is 23.2 Å². The lowest BCUT2D eigenvalue weighted by Crippen LogP contribution is -2.39. The minimum Gasteiger partial charge on any atom is -0.495 e. The first-order valence-electron chi connectivity index (χ1n) is 6.46. The molecule has 0 radical (unpaired) electrons. The van der Waals surface area contributed by atoms with Gasteiger partial charge in [0.1, 0.15) is 17.4 Å². The maximum Gasteiger partial charge on any atom is 0.267 e. The zero-order valence-electron chi connectivity index (χ0n) is 12.6. The number of aliphatic hydroxyl groups excluding tert-OH is 1. The van der Waals surface area contributed by atoms with Crippen LogP contribution in [0.4, 0.5) is 5.69 Å². The van der Waals surface area contributed by atoms with Gasteiger partial charge in [-0.3, -0.25) is 4.79 Å². The number of anilines is 1. The van der Waals surface area contributed by atoms with Gasteiger partial charge in [0, 0.05) is 11.2 Å². The number of benzene rings is 1. The van der Waals surface area contributed by atoms with Crippen LogP contribution in [0.25, 0.3) is 0 Å². The molecule has 118 valence electrons. The first-order valence-corrected chi connectivity index (χ1v) is 6.84. The van der Waals surface area contributed by atoms with Crippen LogP contribution < -0.4 is 15.4 Å². The third-order valence-corrected chi connectivity index (χ3v) is 3.01. The minimum absolute atomic E-state index is 0.136. The summed E-state index contributed by atoms with van der Waals surface area (Å²) in [7, 11) is 1.46. The zero-order chi connectivity index (χ0) is 16.8. The fourth-order valence-corrected chi connectivity index (χ4v) is 1.60. The van der Waals surface area contributed by atoms with Gasteiger partial charge in [-0.05, 0) is 32.0 Å². The molecule has 0 spiro atoms. The number of hydrogen-bond donors (Lipinski definition) is 3. The summed E-state index contributed by atoms with van der Waals surface area (Å²) in [6.45, 7) is 3.32. The quantitative estimate of drug-likeness (QED) is 0.550. The van der Waals surface area contributed by atoms with E-state index in [-0.39, 0.29) is 12.2 Å². The Kier molecular flexibility index (Phi) is 6.23. The molecule has 0 aliphatic carbocycles. The number of methoxy groups -OCH3 is 1. The molecule has 0 bridgehead atoms. The number of carbonyl (C=O) groups excluding carboxylic acids is 1. The summed E-state index contributed by atoms with van der Waals surface area (Å²) in [5.41, 5.74) is -0.415. The Balaban J connectivity index is 2.93. The molecule has 1 aromatic rings. The normalized spacial score (nSPS) is 11.5. The van der Waals surface area contributed by atoms with Crippen molar-refractivity contribution in [2.45, 2.75) is 19.4 Å². The summed E-state index contributed by atoms with van der Waals surface area (Å²) >= 11 is 5.88. The molecule has 0 saturated heterocycles. The zero-order valence-corrected chi connectivity index (χ0v) is 13.4. The molecule has 0 unspecified atom stereocenters. The van der Waals surface area contributed by atoms with Crippen molar-refractivity contribution in [2.24, 2.45) is 0 Å². The van der Waals surface area contributed by atoms with Crippen molar-refractivity contribution in [1.82, 2.24) is 5.32 Å². The van der Waals surface area contributed by atoms with Crippen molar-refractivity contribution in [3.8, 4) is 11.8 Å². The number of halogens is 1.